The number of sulfonamides is 1. The molecule has 0 spiro atoms. The van der Waals surface area contributed by atoms with Crippen LogP contribution in [0.25, 0.3) is 22.3 Å². The number of benzene rings is 1. The van der Waals surface area contributed by atoms with Crippen LogP contribution in [0.15, 0.2) is 53.8 Å². The number of H-pyrrole nitrogens is 1. The molecule has 0 aliphatic rings. The molecule has 3 heterocycles. The van der Waals surface area contributed by atoms with Crippen molar-refractivity contribution in [1.29, 1.82) is 0 Å². The van der Waals surface area contributed by atoms with Gasteiger partial charge in [0.2, 0.25) is 0 Å². The number of aromatic amines is 1. The van der Waals surface area contributed by atoms with E-state index in [1.54, 1.807) is 42.2 Å². The van der Waals surface area contributed by atoms with E-state index in [-0.39, 0.29) is 4.90 Å². The third-order valence-electron chi connectivity index (χ3n) is 3.86. The summed E-state index contributed by atoms with van der Waals surface area (Å²) in [4.78, 5) is 4.36. The van der Waals surface area contributed by atoms with E-state index in [4.69, 9.17) is 11.6 Å². The van der Waals surface area contributed by atoms with Crippen LogP contribution in [-0.4, -0.2) is 33.4 Å². The zero-order chi connectivity index (χ0) is 18.3. The molecule has 10 heteroatoms. The number of anilines is 1. The van der Waals surface area contributed by atoms with Gasteiger partial charge in [-0.2, -0.15) is 10.2 Å². The summed E-state index contributed by atoms with van der Waals surface area (Å²) in [6.07, 6.45) is 4.16. The van der Waals surface area contributed by atoms with Gasteiger partial charge in [0, 0.05) is 29.9 Å². The Morgan fingerprint density at radius 3 is 2.85 bits per heavy atom. The predicted molar refractivity (Wildman–Crippen MR) is 98.4 cm³/mol. The summed E-state index contributed by atoms with van der Waals surface area (Å²) in [6.45, 7) is 0. The van der Waals surface area contributed by atoms with Crippen molar-refractivity contribution in [1.82, 2.24) is 25.0 Å². The van der Waals surface area contributed by atoms with Crippen LogP contribution in [0, 0.1) is 0 Å². The molecule has 3 aromatic heterocycles. The fraction of sp³-hybridized carbons (Fsp3) is 0.0625. The average molecular weight is 389 g/mol. The van der Waals surface area contributed by atoms with Gasteiger partial charge >= 0.3 is 0 Å². The van der Waals surface area contributed by atoms with E-state index < -0.39 is 10.0 Å². The Morgan fingerprint density at radius 1 is 1.27 bits per heavy atom. The number of rotatable bonds is 4. The van der Waals surface area contributed by atoms with Crippen molar-refractivity contribution in [3.63, 3.8) is 0 Å². The normalized spacial score (nSPS) is 11.8. The number of halogens is 1. The highest BCUT2D eigenvalue weighted by Gasteiger charge is 2.20. The molecule has 0 fully saturated rings. The van der Waals surface area contributed by atoms with Gasteiger partial charge in [-0.3, -0.25) is 19.5 Å². The molecule has 0 amide bonds. The van der Waals surface area contributed by atoms with Crippen LogP contribution in [0.1, 0.15) is 0 Å². The first-order valence-corrected chi connectivity index (χ1v) is 9.41. The van der Waals surface area contributed by atoms with Crippen LogP contribution < -0.4 is 4.72 Å². The number of aromatic nitrogens is 5. The van der Waals surface area contributed by atoms with E-state index in [2.05, 4.69) is 25.0 Å². The Balaban J connectivity index is 1.86. The number of pyridine rings is 1. The van der Waals surface area contributed by atoms with E-state index in [9.17, 15) is 8.42 Å². The number of fused-ring (bicyclic) bond motifs is 1. The maximum atomic E-state index is 12.5. The van der Waals surface area contributed by atoms with Crippen LogP contribution in [0.3, 0.4) is 0 Å². The van der Waals surface area contributed by atoms with E-state index in [0.29, 0.717) is 27.6 Å². The SMILES string of the molecule is Cn1nc(-c2cc(Cl)ccn2)c2cccc(NS(=O)(=O)c3cn[nH]c3)c21. The summed E-state index contributed by atoms with van der Waals surface area (Å²) in [5.74, 6) is 0. The van der Waals surface area contributed by atoms with Crippen molar-refractivity contribution < 1.29 is 8.42 Å². The first kappa shape index (κ1) is 16.6. The Bertz CT molecular complexity index is 1200. The molecule has 2 N–H and O–H groups in total. The summed E-state index contributed by atoms with van der Waals surface area (Å²) in [6, 6.07) is 8.68. The summed E-state index contributed by atoms with van der Waals surface area (Å²) in [5, 5.41) is 12.0. The molecule has 0 saturated carbocycles. The van der Waals surface area contributed by atoms with Crippen LogP contribution >= 0.6 is 11.6 Å². The lowest BCUT2D eigenvalue weighted by atomic mass is 10.1. The lowest BCUT2D eigenvalue weighted by Crippen LogP contribution is -2.13. The third kappa shape index (κ3) is 2.80. The smallest absolute Gasteiger partial charge is 0.265 e. The fourth-order valence-corrected chi connectivity index (χ4v) is 3.86. The van der Waals surface area contributed by atoms with Gasteiger partial charge in [0.15, 0.2) is 0 Å². The average Bonchev–Trinajstić information content (AvgIpc) is 3.24. The van der Waals surface area contributed by atoms with Crippen molar-refractivity contribution >= 4 is 38.2 Å². The summed E-state index contributed by atoms with van der Waals surface area (Å²) in [5.41, 5.74) is 2.27. The van der Waals surface area contributed by atoms with Crippen LogP contribution in [0.5, 0.6) is 0 Å². The second kappa shape index (κ2) is 6.11. The Hall–Kier alpha value is -2.91. The molecular weight excluding hydrogens is 376 g/mol. The highest BCUT2D eigenvalue weighted by Crippen LogP contribution is 2.32. The molecule has 8 nitrogen and oxygen atoms in total. The molecular formula is C16H13ClN6O2S. The number of nitrogens with one attached hydrogen (secondary N) is 2. The first-order valence-electron chi connectivity index (χ1n) is 7.55. The Morgan fingerprint density at radius 2 is 2.12 bits per heavy atom. The van der Waals surface area contributed by atoms with Gasteiger partial charge < -0.3 is 0 Å². The second-order valence-corrected chi connectivity index (χ2v) is 7.69. The summed E-state index contributed by atoms with van der Waals surface area (Å²) < 4.78 is 29.2. The van der Waals surface area contributed by atoms with Gasteiger partial charge in [-0.05, 0) is 18.2 Å². The van der Waals surface area contributed by atoms with Gasteiger partial charge in [-0.25, -0.2) is 8.42 Å². The third-order valence-corrected chi connectivity index (χ3v) is 5.42. The number of nitrogens with zero attached hydrogens (tertiary/aromatic N) is 4. The summed E-state index contributed by atoms with van der Waals surface area (Å²) >= 11 is 6.05. The monoisotopic (exact) mass is 388 g/mol. The second-order valence-electron chi connectivity index (χ2n) is 5.57. The van der Waals surface area contributed by atoms with E-state index >= 15 is 0 Å². The molecule has 0 bridgehead atoms. The number of para-hydroxylation sites is 1. The van der Waals surface area contributed by atoms with Crippen molar-refractivity contribution in [3.8, 4) is 11.4 Å². The molecule has 0 aliphatic heterocycles. The van der Waals surface area contributed by atoms with Crippen molar-refractivity contribution in [2.75, 3.05) is 4.72 Å². The van der Waals surface area contributed by atoms with E-state index in [0.717, 1.165) is 5.39 Å². The predicted octanol–water partition coefficient (Wildman–Crippen LogP) is 2.81. The molecule has 4 aromatic rings. The van der Waals surface area contributed by atoms with Crippen LogP contribution in [0.2, 0.25) is 5.02 Å². The molecule has 1 aromatic carbocycles. The first-order chi connectivity index (χ1) is 12.5. The zero-order valence-electron chi connectivity index (χ0n) is 13.5. The zero-order valence-corrected chi connectivity index (χ0v) is 15.1. The van der Waals surface area contributed by atoms with Crippen molar-refractivity contribution in [2.24, 2.45) is 7.05 Å². The number of aryl methyl sites for hydroxylation is 1. The van der Waals surface area contributed by atoms with Crippen molar-refractivity contribution in [2.45, 2.75) is 4.90 Å². The molecule has 0 atom stereocenters. The minimum Gasteiger partial charge on any atom is -0.284 e. The topological polar surface area (TPSA) is 106 Å². The minimum absolute atomic E-state index is 0.0494. The molecule has 0 unspecified atom stereocenters. The number of hydrogen-bond donors (Lipinski definition) is 2. The largest absolute Gasteiger partial charge is 0.284 e. The van der Waals surface area contributed by atoms with E-state index in [1.807, 2.05) is 6.07 Å². The van der Waals surface area contributed by atoms with E-state index in [1.165, 1.54) is 12.4 Å². The lowest BCUT2D eigenvalue weighted by Gasteiger charge is -2.08. The van der Waals surface area contributed by atoms with Gasteiger partial charge in [-0.15, -0.1) is 0 Å². The molecule has 4 rings (SSSR count). The van der Waals surface area contributed by atoms with Gasteiger partial charge in [0.1, 0.15) is 10.6 Å². The minimum atomic E-state index is -3.76. The highest BCUT2D eigenvalue weighted by atomic mass is 35.5. The number of hydrogen-bond acceptors (Lipinski definition) is 5. The van der Waals surface area contributed by atoms with Crippen molar-refractivity contribution in [3.05, 3.63) is 53.9 Å². The van der Waals surface area contributed by atoms with Gasteiger partial charge in [0.25, 0.3) is 10.0 Å². The highest BCUT2D eigenvalue weighted by molar-refractivity contribution is 7.92. The fourth-order valence-electron chi connectivity index (χ4n) is 2.73. The molecule has 0 saturated heterocycles. The molecule has 26 heavy (non-hydrogen) atoms. The van der Waals surface area contributed by atoms with Crippen LogP contribution in [-0.2, 0) is 17.1 Å². The lowest BCUT2D eigenvalue weighted by molar-refractivity contribution is 0.601. The standard InChI is InChI=1S/C16H13ClN6O2S/c1-23-16-12(15(21-23)14-7-10(17)5-6-18-14)3-2-4-13(16)22-26(24,25)11-8-19-20-9-11/h2-9,22H,1H3,(H,19,20). The molecule has 0 aliphatic carbocycles. The van der Waals surface area contributed by atoms with Gasteiger partial charge in [-0.1, -0.05) is 23.7 Å². The van der Waals surface area contributed by atoms with Crippen LogP contribution in [0.4, 0.5) is 5.69 Å². The Kier molecular flexibility index (Phi) is 3.89. The maximum Gasteiger partial charge on any atom is 0.265 e. The van der Waals surface area contributed by atoms with Gasteiger partial charge in [0.05, 0.1) is 23.1 Å². The molecule has 0 radical (unpaired) electrons. The Labute approximate surface area is 153 Å². The quantitative estimate of drug-likeness (QED) is 0.559. The maximum absolute atomic E-state index is 12.5. The summed E-state index contributed by atoms with van der Waals surface area (Å²) in [7, 11) is -2.02. The molecule has 132 valence electrons.